The minimum absolute atomic E-state index is 0.115. The van der Waals surface area contributed by atoms with E-state index in [0.29, 0.717) is 16.0 Å². The Morgan fingerprint density at radius 2 is 1.71 bits per heavy atom. The van der Waals surface area contributed by atoms with Crippen LogP contribution in [-0.2, 0) is 4.79 Å². The number of thioether (sulfide) groups is 1. The number of carbonyl (C=O) groups excluding carboxylic acids is 1. The van der Waals surface area contributed by atoms with E-state index in [1.54, 1.807) is 7.11 Å². The number of rotatable bonds is 7. The molecule has 4 rings (SSSR count). The monoisotopic (exact) mass is 556 g/mol. The maximum absolute atomic E-state index is 12.8. The summed E-state index contributed by atoms with van der Waals surface area (Å²) in [5.74, 6) is 1.47. The fourth-order valence-electron chi connectivity index (χ4n) is 3.53. The number of hydrogen-bond acceptors (Lipinski definition) is 5. The van der Waals surface area contributed by atoms with Gasteiger partial charge in [-0.15, -0.1) is 10.2 Å². The predicted molar refractivity (Wildman–Crippen MR) is 141 cm³/mol. The van der Waals surface area contributed by atoms with Crippen molar-refractivity contribution in [2.75, 3.05) is 18.2 Å². The smallest absolute Gasteiger partial charge is 0.234 e. The van der Waals surface area contributed by atoms with E-state index in [2.05, 4.69) is 31.4 Å². The van der Waals surface area contributed by atoms with E-state index in [-0.39, 0.29) is 11.7 Å². The van der Waals surface area contributed by atoms with Crippen molar-refractivity contribution in [3.63, 3.8) is 0 Å². The highest BCUT2D eigenvalue weighted by atomic mass is 79.9. The molecule has 0 radical (unpaired) electrons. The van der Waals surface area contributed by atoms with Crippen LogP contribution in [0.15, 0.2) is 70.3 Å². The van der Waals surface area contributed by atoms with Crippen LogP contribution in [0.2, 0.25) is 5.02 Å². The van der Waals surface area contributed by atoms with Crippen LogP contribution in [-0.4, -0.2) is 33.5 Å². The summed E-state index contributed by atoms with van der Waals surface area (Å²) in [7, 11) is 1.63. The third-order valence-electron chi connectivity index (χ3n) is 5.16. The summed E-state index contributed by atoms with van der Waals surface area (Å²) >= 11 is 10.9. The van der Waals surface area contributed by atoms with Crippen molar-refractivity contribution >= 4 is 50.9 Å². The summed E-state index contributed by atoms with van der Waals surface area (Å²) in [5.41, 5.74) is 4.55. The quantitative estimate of drug-likeness (QED) is 0.256. The third-order valence-corrected chi connectivity index (χ3v) is 6.80. The molecule has 1 aromatic heterocycles. The van der Waals surface area contributed by atoms with Crippen LogP contribution in [0.4, 0.5) is 5.69 Å². The van der Waals surface area contributed by atoms with E-state index in [9.17, 15) is 4.79 Å². The zero-order chi connectivity index (χ0) is 24.2. The molecule has 4 aromatic rings. The first kappa shape index (κ1) is 24.3. The Balaban J connectivity index is 1.61. The molecule has 6 nitrogen and oxygen atoms in total. The van der Waals surface area contributed by atoms with Gasteiger partial charge in [-0.2, -0.15) is 0 Å². The molecule has 0 aliphatic rings. The van der Waals surface area contributed by atoms with Gasteiger partial charge in [-0.3, -0.25) is 9.36 Å². The predicted octanol–water partition coefficient (Wildman–Crippen LogP) is 6.71. The van der Waals surface area contributed by atoms with Gasteiger partial charge in [0.2, 0.25) is 5.91 Å². The zero-order valence-electron chi connectivity index (χ0n) is 18.8. The highest BCUT2D eigenvalue weighted by Crippen LogP contribution is 2.30. The Bertz CT molecular complexity index is 1300. The van der Waals surface area contributed by atoms with Crippen molar-refractivity contribution in [2.24, 2.45) is 0 Å². The molecule has 174 valence electrons. The van der Waals surface area contributed by atoms with E-state index >= 15 is 0 Å². The minimum atomic E-state index is -0.115. The largest absolute Gasteiger partial charge is 0.497 e. The van der Waals surface area contributed by atoms with Gasteiger partial charge in [0.15, 0.2) is 11.0 Å². The minimum Gasteiger partial charge on any atom is -0.497 e. The van der Waals surface area contributed by atoms with Gasteiger partial charge < -0.3 is 10.1 Å². The van der Waals surface area contributed by atoms with Gasteiger partial charge in [-0.05, 0) is 85.6 Å². The van der Waals surface area contributed by atoms with Gasteiger partial charge in [0, 0.05) is 26.4 Å². The number of carbonyl (C=O) groups is 1. The van der Waals surface area contributed by atoms with E-state index in [4.69, 9.17) is 16.3 Å². The van der Waals surface area contributed by atoms with E-state index in [0.717, 1.165) is 38.3 Å². The number of amides is 1. The fourth-order valence-corrected chi connectivity index (χ4v) is 5.09. The second-order valence-corrected chi connectivity index (χ2v) is 9.89. The van der Waals surface area contributed by atoms with Gasteiger partial charge in [0.25, 0.3) is 0 Å². The van der Waals surface area contributed by atoms with Gasteiger partial charge in [-0.1, -0.05) is 39.3 Å². The molecular formula is C25H22BrClN4O2S. The first-order chi connectivity index (χ1) is 16.4. The summed E-state index contributed by atoms with van der Waals surface area (Å²) in [4.78, 5) is 12.8. The number of halogens is 2. The lowest BCUT2D eigenvalue weighted by Crippen LogP contribution is -2.16. The average molecular weight is 558 g/mol. The van der Waals surface area contributed by atoms with Crippen LogP contribution >= 0.6 is 39.3 Å². The highest BCUT2D eigenvalue weighted by molar-refractivity contribution is 9.10. The molecule has 3 aromatic carbocycles. The number of anilines is 1. The molecule has 9 heteroatoms. The number of aryl methyl sites for hydroxylation is 2. The van der Waals surface area contributed by atoms with Crippen molar-refractivity contribution < 1.29 is 9.53 Å². The van der Waals surface area contributed by atoms with E-state index in [1.807, 2.05) is 79.1 Å². The van der Waals surface area contributed by atoms with E-state index in [1.165, 1.54) is 11.8 Å². The second-order valence-electron chi connectivity index (χ2n) is 7.60. The van der Waals surface area contributed by atoms with Crippen LogP contribution in [0.3, 0.4) is 0 Å². The second kappa shape index (κ2) is 10.6. The molecule has 0 saturated carbocycles. The van der Waals surface area contributed by atoms with Crippen molar-refractivity contribution in [3.05, 3.63) is 81.3 Å². The van der Waals surface area contributed by atoms with Crippen molar-refractivity contribution in [1.82, 2.24) is 14.8 Å². The highest BCUT2D eigenvalue weighted by Gasteiger charge is 2.18. The molecule has 1 N–H and O–H groups in total. The molecule has 0 atom stereocenters. The molecule has 0 saturated heterocycles. The van der Waals surface area contributed by atoms with Crippen molar-refractivity contribution in [3.8, 4) is 22.8 Å². The molecule has 0 bridgehead atoms. The summed E-state index contributed by atoms with van der Waals surface area (Å²) < 4.78 is 8.20. The molecule has 0 aliphatic carbocycles. The lowest BCUT2D eigenvalue weighted by Gasteiger charge is -2.13. The van der Waals surface area contributed by atoms with Crippen LogP contribution in [0.1, 0.15) is 11.1 Å². The number of nitrogens with one attached hydrogen (secondary N) is 1. The standard InChI is InChI=1S/C25H22BrClN4O2S/c1-15-12-18(26)13-16(2)23(15)28-22(32)14-34-25-30-29-24(17-4-6-19(27)7-5-17)31(25)20-8-10-21(33-3)11-9-20/h4-13H,14H2,1-3H3,(H,28,32). The van der Waals surface area contributed by atoms with Gasteiger partial charge in [-0.25, -0.2) is 0 Å². The summed E-state index contributed by atoms with van der Waals surface area (Å²) in [6.45, 7) is 3.94. The molecular weight excluding hydrogens is 536 g/mol. The Kier molecular flexibility index (Phi) is 7.60. The normalized spacial score (nSPS) is 10.9. The summed E-state index contributed by atoms with van der Waals surface area (Å²) in [5, 5.41) is 13.1. The van der Waals surface area contributed by atoms with Crippen molar-refractivity contribution in [1.29, 1.82) is 0 Å². The molecule has 0 fully saturated rings. The zero-order valence-corrected chi connectivity index (χ0v) is 22.0. The Morgan fingerprint density at radius 3 is 2.32 bits per heavy atom. The maximum Gasteiger partial charge on any atom is 0.234 e. The van der Waals surface area contributed by atoms with Gasteiger partial charge in [0.1, 0.15) is 5.75 Å². The first-order valence-corrected chi connectivity index (χ1v) is 12.6. The van der Waals surface area contributed by atoms with Gasteiger partial charge in [0.05, 0.1) is 12.9 Å². The number of ether oxygens (including phenoxy) is 1. The first-order valence-electron chi connectivity index (χ1n) is 10.4. The molecule has 0 spiro atoms. The topological polar surface area (TPSA) is 69.0 Å². The van der Waals surface area contributed by atoms with Crippen molar-refractivity contribution in [2.45, 2.75) is 19.0 Å². The van der Waals surface area contributed by atoms with Crippen LogP contribution in [0.5, 0.6) is 5.75 Å². The average Bonchev–Trinajstić information content (AvgIpc) is 3.24. The lowest BCUT2D eigenvalue weighted by molar-refractivity contribution is -0.113. The number of aromatic nitrogens is 3. The molecule has 1 heterocycles. The maximum atomic E-state index is 12.8. The molecule has 0 unspecified atom stereocenters. The SMILES string of the molecule is COc1ccc(-n2c(SCC(=O)Nc3c(C)cc(Br)cc3C)nnc2-c2ccc(Cl)cc2)cc1. The summed E-state index contributed by atoms with van der Waals surface area (Å²) in [6, 6.07) is 19.0. The number of nitrogens with zero attached hydrogens (tertiary/aromatic N) is 3. The summed E-state index contributed by atoms with van der Waals surface area (Å²) in [6.07, 6.45) is 0. The third kappa shape index (κ3) is 5.46. The van der Waals surface area contributed by atoms with Crippen LogP contribution in [0, 0.1) is 13.8 Å². The van der Waals surface area contributed by atoms with Gasteiger partial charge >= 0.3 is 0 Å². The lowest BCUT2D eigenvalue weighted by atomic mass is 10.1. The number of benzene rings is 3. The fraction of sp³-hybridized carbons (Fsp3) is 0.160. The van der Waals surface area contributed by atoms with E-state index < -0.39 is 0 Å². The molecule has 34 heavy (non-hydrogen) atoms. The Labute approximate surface area is 215 Å². The Morgan fingerprint density at radius 1 is 1.06 bits per heavy atom. The number of methoxy groups -OCH3 is 1. The molecule has 0 aliphatic heterocycles. The Hall–Kier alpha value is -2.81. The van der Waals surface area contributed by atoms with Crippen LogP contribution < -0.4 is 10.1 Å². The number of hydrogen-bond donors (Lipinski definition) is 1. The van der Waals surface area contributed by atoms with Crippen LogP contribution in [0.25, 0.3) is 17.1 Å². The molecule has 1 amide bonds.